The molecule has 2 aliphatic heterocycles. The Morgan fingerprint density at radius 1 is 1.15 bits per heavy atom. The predicted octanol–water partition coefficient (Wildman–Crippen LogP) is 1.39. The minimum absolute atomic E-state index is 0.521. The lowest BCUT2D eigenvalue weighted by molar-refractivity contribution is 0.0194. The number of hydrogen-bond donors (Lipinski definition) is 1. The first-order valence-electron chi connectivity index (χ1n) is 5.38. The fourth-order valence-electron chi connectivity index (χ4n) is 2.18. The van der Waals surface area contributed by atoms with Crippen LogP contribution in [0.15, 0.2) is 0 Å². The van der Waals surface area contributed by atoms with Crippen molar-refractivity contribution in [3.8, 4) is 0 Å². The first kappa shape index (κ1) is 11.0. The number of ether oxygens (including phenoxy) is 1. The van der Waals surface area contributed by atoms with Gasteiger partial charge >= 0.3 is 0 Å². The minimum atomic E-state index is 0.521. The van der Waals surface area contributed by atoms with E-state index >= 15 is 0 Å². The first-order chi connectivity index (χ1) is 6.31. The number of nitrogens with zero attached hydrogens (tertiary/aromatic N) is 1. The second-order valence-corrected chi connectivity index (χ2v) is 3.83. The third-order valence-corrected chi connectivity index (χ3v) is 3.02. The molecule has 13 heavy (non-hydrogen) atoms. The zero-order valence-electron chi connectivity index (χ0n) is 8.88. The highest BCUT2D eigenvalue weighted by atomic mass is 16.5. The van der Waals surface area contributed by atoms with Crippen molar-refractivity contribution in [1.82, 2.24) is 5.01 Å². The SMILES string of the molecule is CC.NN1CCC2(CCOCC2)C1. The van der Waals surface area contributed by atoms with Crippen LogP contribution in [0, 0.1) is 5.41 Å². The Kier molecular flexibility index (Phi) is 4.16. The molecule has 0 aliphatic carbocycles. The highest BCUT2D eigenvalue weighted by molar-refractivity contribution is 4.89. The molecule has 2 saturated heterocycles. The van der Waals surface area contributed by atoms with Gasteiger partial charge in [0.05, 0.1) is 0 Å². The molecule has 0 saturated carbocycles. The van der Waals surface area contributed by atoms with Crippen molar-refractivity contribution in [3.63, 3.8) is 0 Å². The van der Waals surface area contributed by atoms with Crippen molar-refractivity contribution in [2.75, 3.05) is 26.3 Å². The lowest BCUT2D eigenvalue weighted by Gasteiger charge is -2.32. The van der Waals surface area contributed by atoms with E-state index in [1.807, 2.05) is 18.9 Å². The Morgan fingerprint density at radius 2 is 1.77 bits per heavy atom. The van der Waals surface area contributed by atoms with Crippen LogP contribution in [0.5, 0.6) is 0 Å². The average molecular weight is 186 g/mol. The molecule has 2 fully saturated rings. The maximum absolute atomic E-state index is 5.73. The van der Waals surface area contributed by atoms with Crippen molar-refractivity contribution < 1.29 is 4.74 Å². The summed E-state index contributed by atoms with van der Waals surface area (Å²) in [6.07, 6.45) is 3.69. The van der Waals surface area contributed by atoms with Crippen LogP contribution in [-0.4, -0.2) is 31.3 Å². The highest BCUT2D eigenvalue weighted by Crippen LogP contribution is 2.38. The minimum Gasteiger partial charge on any atom is -0.381 e. The Labute approximate surface area is 81.2 Å². The van der Waals surface area contributed by atoms with Gasteiger partial charge in [0.15, 0.2) is 0 Å². The van der Waals surface area contributed by atoms with Crippen LogP contribution in [0.3, 0.4) is 0 Å². The quantitative estimate of drug-likeness (QED) is 0.581. The summed E-state index contributed by atoms with van der Waals surface area (Å²) in [7, 11) is 0. The Morgan fingerprint density at radius 3 is 2.23 bits per heavy atom. The Bertz CT molecular complexity index is 138. The summed E-state index contributed by atoms with van der Waals surface area (Å²) in [6, 6.07) is 0. The number of hydrazine groups is 1. The molecule has 0 aromatic carbocycles. The van der Waals surface area contributed by atoms with Gasteiger partial charge in [-0.1, -0.05) is 13.8 Å². The Hall–Kier alpha value is -0.120. The molecule has 3 heteroatoms. The fourth-order valence-corrected chi connectivity index (χ4v) is 2.18. The summed E-state index contributed by atoms with van der Waals surface area (Å²) >= 11 is 0. The molecule has 0 amide bonds. The molecule has 0 aromatic rings. The maximum atomic E-state index is 5.73. The smallest absolute Gasteiger partial charge is 0.0471 e. The molecule has 0 aromatic heterocycles. The molecule has 0 atom stereocenters. The monoisotopic (exact) mass is 186 g/mol. The van der Waals surface area contributed by atoms with Gasteiger partial charge in [-0.25, -0.2) is 5.01 Å². The summed E-state index contributed by atoms with van der Waals surface area (Å²) in [5.74, 6) is 5.73. The molecule has 0 unspecified atom stereocenters. The van der Waals surface area contributed by atoms with Crippen LogP contribution in [-0.2, 0) is 4.74 Å². The third kappa shape index (κ3) is 2.66. The van der Waals surface area contributed by atoms with Crippen LogP contribution in [0.25, 0.3) is 0 Å². The van der Waals surface area contributed by atoms with Crippen LogP contribution in [0.4, 0.5) is 0 Å². The van der Waals surface area contributed by atoms with E-state index in [1.165, 1.54) is 19.3 Å². The zero-order chi connectivity index (χ0) is 9.73. The van der Waals surface area contributed by atoms with Gasteiger partial charge in [0, 0.05) is 26.3 Å². The zero-order valence-corrected chi connectivity index (χ0v) is 8.88. The summed E-state index contributed by atoms with van der Waals surface area (Å²) in [5.41, 5.74) is 0.521. The molecule has 2 aliphatic rings. The fraction of sp³-hybridized carbons (Fsp3) is 1.00. The van der Waals surface area contributed by atoms with Gasteiger partial charge in [0.25, 0.3) is 0 Å². The van der Waals surface area contributed by atoms with E-state index in [2.05, 4.69) is 0 Å². The standard InChI is InChI=1S/C8H16N2O.C2H6/c9-10-4-1-8(7-10)2-5-11-6-3-8;1-2/h1-7,9H2;1-2H3. The molecule has 1 spiro atoms. The largest absolute Gasteiger partial charge is 0.381 e. The Balaban J connectivity index is 0.000000396. The average Bonchev–Trinajstić information content (AvgIpc) is 2.52. The second kappa shape index (κ2) is 4.94. The lowest BCUT2D eigenvalue weighted by Crippen LogP contribution is -2.35. The van der Waals surface area contributed by atoms with Crippen molar-refractivity contribution in [1.29, 1.82) is 0 Å². The van der Waals surface area contributed by atoms with Crippen molar-refractivity contribution in [2.45, 2.75) is 33.1 Å². The van der Waals surface area contributed by atoms with E-state index in [-0.39, 0.29) is 0 Å². The second-order valence-electron chi connectivity index (χ2n) is 3.83. The van der Waals surface area contributed by atoms with Crippen LogP contribution < -0.4 is 5.84 Å². The summed E-state index contributed by atoms with van der Waals surface area (Å²) < 4.78 is 5.33. The molecule has 2 heterocycles. The van der Waals surface area contributed by atoms with Gasteiger partial charge in [-0.05, 0) is 24.7 Å². The molecule has 2 N–H and O–H groups in total. The predicted molar refractivity (Wildman–Crippen MR) is 54.2 cm³/mol. The van der Waals surface area contributed by atoms with Gasteiger partial charge in [0.2, 0.25) is 0 Å². The maximum Gasteiger partial charge on any atom is 0.0471 e. The van der Waals surface area contributed by atoms with E-state index in [9.17, 15) is 0 Å². The molecule has 2 rings (SSSR count). The first-order valence-corrected chi connectivity index (χ1v) is 5.38. The van der Waals surface area contributed by atoms with E-state index < -0.39 is 0 Å². The highest BCUT2D eigenvalue weighted by Gasteiger charge is 2.38. The van der Waals surface area contributed by atoms with E-state index in [0.29, 0.717) is 5.41 Å². The van der Waals surface area contributed by atoms with Crippen molar-refractivity contribution >= 4 is 0 Å². The molecular weight excluding hydrogens is 164 g/mol. The van der Waals surface area contributed by atoms with Crippen LogP contribution in [0.2, 0.25) is 0 Å². The molecule has 78 valence electrons. The van der Waals surface area contributed by atoms with Crippen LogP contribution in [0.1, 0.15) is 33.1 Å². The normalized spacial score (nSPS) is 27.0. The summed E-state index contributed by atoms with van der Waals surface area (Å²) in [6.45, 7) is 8.03. The van der Waals surface area contributed by atoms with E-state index in [0.717, 1.165) is 26.3 Å². The number of rotatable bonds is 0. The molecular formula is C10H22N2O. The topological polar surface area (TPSA) is 38.5 Å². The van der Waals surface area contributed by atoms with Crippen LogP contribution >= 0.6 is 0 Å². The molecule has 0 bridgehead atoms. The van der Waals surface area contributed by atoms with Crippen molar-refractivity contribution in [3.05, 3.63) is 0 Å². The lowest BCUT2D eigenvalue weighted by atomic mass is 9.80. The third-order valence-electron chi connectivity index (χ3n) is 3.02. The number of nitrogens with two attached hydrogens (primary N) is 1. The molecule has 0 radical (unpaired) electrons. The summed E-state index contributed by atoms with van der Waals surface area (Å²) in [4.78, 5) is 0. The van der Waals surface area contributed by atoms with Gasteiger partial charge < -0.3 is 4.74 Å². The van der Waals surface area contributed by atoms with Gasteiger partial charge in [0.1, 0.15) is 0 Å². The molecule has 3 nitrogen and oxygen atoms in total. The van der Waals surface area contributed by atoms with E-state index in [1.54, 1.807) is 0 Å². The van der Waals surface area contributed by atoms with E-state index in [4.69, 9.17) is 10.6 Å². The number of hydrogen-bond acceptors (Lipinski definition) is 3. The van der Waals surface area contributed by atoms with Crippen molar-refractivity contribution in [2.24, 2.45) is 11.3 Å². The van der Waals surface area contributed by atoms with Gasteiger partial charge in [-0.15, -0.1) is 0 Å². The van der Waals surface area contributed by atoms with Gasteiger partial charge in [-0.2, -0.15) is 0 Å². The summed E-state index contributed by atoms with van der Waals surface area (Å²) in [5, 5.41) is 1.95. The van der Waals surface area contributed by atoms with Gasteiger partial charge in [-0.3, -0.25) is 5.84 Å².